The number of carbonyl (C=O) groups is 1. The van der Waals surface area contributed by atoms with E-state index >= 15 is 0 Å². The first kappa shape index (κ1) is 11.7. The van der Waals surface area contributed by atoms with Crippen molar-refractivity contribution in [1.82, 2.24) is 4.90 Å². The molecule has 1 aliphatic heterocycles. The van der Waals surface area contributed by atoms with Gasteiger partial charge in [0.2, 0.25) is 0 Å². The van der Waals surface area contributed by atoms with Crippen LogP contribution in [0, 0.1) is 3.57 Å². The number of piperidine rings is 1. The van der Waals surface area contributed by atoms with E-state index in [1.54, 1.807) is 0 Å². The Kier molecular flexibility index (Phi) is 3.68. The van der Waals surface area contributed by atoms with Crippen molar-refractivity contribution in [1.29, 1.82) is 0 Å². The lowest BCUT2D eigenvalue weighted by Gasteiger charge is -2.27. The molecule has 1 saturated heterocycles. The van der Waals surface area contributed by atoms with Gasteiger partial charge in [-0.05, 0) is 60.1 Å². The van der Waals surface area contributed by atoms with Crippen LogP contribution in [0.5, 0.6) is 0 Å². The second-order valence-corrected chi connectivity index (χ2v) is 5.33. The first-order chi connectivity index (χ1) is 7.68. The summed E-state index contributed by atoms with van der Waals surface area (Å²) in [4.78, 5) is 14.1. The van der Waals surface area contributed by atoms with E-state index in [1.165, 1.54) is 6.42 Å². The van der Waals surface area contributed by atoms with E-state index in [-0.39, 0.29) is 5.91 Å². The number of halogens is 1. The number of likely N-dealkylation sites (tertiary alicyclic amines) is 1. The molecule has 86 valence electrons. The third-order valence-electron chi connectivity index (χ3n) is 2.89. The number of anilines is 1. The molecule has 0 saturated carbocycles. The van der Waals surface area contributed by atoms with Crippen LogP contribution in [-0.2, 0) is 0 Å². The summed E-state index contributed by atoms with van der Waals surface area (Å²) >= 11 is 2.20. The summed E-state index contributed by atoms with van der Waals surface area (Å²) in [5.41, 5.74) is 7.10. The number of rotatable bonds is 1. The van der Waals surface area contributed by atoms with E-state index in [0.29, 0.717) is 11.3 Å². The van der Waals surface area contributed by atoms with Crippen LogP contribution in [0.25, 0.3) is 0 Å². The van der Waals surface area contributed by atoms with Crippen LogP contribution < -0.4 is 5.73 Å². The molecule has 16 heavy (non-hydrogen) atoms. The second kappa shape index (κ2) is 5.03. The topological polar surface area (TPSA) is 46.3 Å². The maximum Gasteiger partial charge on any atom is 0.255 e. The Morgan fingerprint density at radius 1 is 1.25 bits per heavy atom. The molecular formula is C12H15IN2O. The predicted molar refractivity (Wildman–Crippen MR) is 73.3 cm³/mol. The van der Waals surface area contributed by atoms with Crippen molar-refractivity contribution in [3.63, 3.8) is 0 Å². The minimum absolute atomic E-state index is 0.0774. The summed E-state index contributed by atoms with van der Waals surface area (Å²) in [6.45, 7) is 1.73. The zero-order chi connectivity index (χ0) is 11.5. The monoisotopic (exact) mass is 330 g/mol. The molecule has 2 N–H and O–H groups in total. The van der Waals surface area contributed by atoms with Crippen LogP contribution in [0.1, 0.15) is 29.6 Å². The van der Waals surface area contributed by atoms with Gasteiger partial charge < -0.3 is 10.6 Å². The highest BCUT2D eigenvalue weighted by atomic mass is 127. The van der Waals surface area contributed by atoms with Gasteiger partial charge in [0.05, 0.1) is 5.56 Å². The van der Waals surface area contributed by atoms with E-state index in [0.717, 1.165) is 29.5 Å². The SMILES string of the molecule is Nc1cc(I)ccc1C(=O)N1CCCCC1. The number of nitrogen functional groups attached to an aromatic ring is 1. The Morgan fingerprint density at radius 2 is 1.94 bits per heavy atom. The number of hydrogen-bond donors (Lipinski definition) is 1. The van der Waals surface area contributed by atoms with Crippen molar-refractivity contribution >= 4 is 34.2 Å². The van der Waals surface area contributed by atoms with Crippen LogP contribution in [0.15, 0.2) is 18.2 Å². The summed E-state index contributed by atoms with van der Waals surface area (Å²) in [6, 6.07) is 5.60. The number of benzene rings is 1. The third kappa shape index (κ3) is 2.48. The highest BCUT2D eigenvalue weighted by Crippen LogP contribution is 2.19. The molecule has 0 unspecified atom stereocenters. The average Bonchev–Trinajstić information content (AvgIpc) is 2.29. The quantitative estimate of drug-likeness (QED) is 0.635. The normalized spacial score (nSPS) is 16.2. The number of amides is 1. The molecule has 0 spiro atoms. The van der Waals surface area contributed by atoms with Crippen molar-refractivity contribution in [3.8, 4) is 0 Å². The first-order valence-corrected chi connectivity index (χ1v) is 6.60. The molecule has 0 atom stereocenters. The van der Waals surface area contributed by atoms with Gasteiger partial charge in [0.15, 0.2) is 0 Å². The molecule has 1 amide bonds. The lowest BCUT2D eigenvalue weighted by molar-refractivity contribution is 0.0725. The Hall–Kier alpha value is -0.780. The minimum atomic E-state index is 0.0774. The zero-order valence-corrected chi connectivity index (χ0v) is 11.2. The smallest absolute Gasteiger partial charge is 0.255 e. The van der Waals surface area contributed by atoms with Crippen molar-refractivity contribution in [2.24, 2.45) is 0 Å². The third-order valence-corrected chi connectivity index (χ3v) is 3.56. The van der Waals surface area contributed by atoms with Crippen LogP contribution >= 0.6 is 22.6 Å². The van der Waals surface area contributed by atoms with Gasteiger partial charge in [-0.3, -0.25) is 4.79 Å². The zero-order valence-electron chi connectivity index (χ0n) is 9.08. The Balaban J connectivity index is 2.19. The van der Waals surface area contributed by atoms with Crippen molar-refractivity contribution in [2.45, 2.75) is 19.3 Å². The summed E-state index contributed by atoms with van der Waals surface area (Å²) in [5, 5.41) is 0. The van der Waals surface area contributed by atoms with Gasteiger partial charge in [0.1, 0.15) is 0 Å². The molecule has 1 aliphatic rings. The van der Waals surface area contributed by atoms with E-state index < -0.39 is 0 Å². The lowest BCUT2D eigenvalue weighted by Crippen LogP contribution is -2.35. The maximum absolute atomic E-state index is 12.2. The molecule has 0 aliphatic carbocycles. The molecular weight excluding hydrogens is 315 g/mol. The van der Waals surface area contributed by atoms with E-state index in [1.807, 2.05) is 23.1 Å². The Bertz CT molecular complexity index is 400. The average molecular weight is 330 g/mol. The van der Waals surface area contributed by atoms with E-state index in [9.17, 15) is 4.79 Å². The minimum Gasteiger partial charge on any atom is -0.398 e. The van der Waals surface area contributed by atoms with Crippen molar-refractivity contribution in [3.05, 3.63) is 27.3 Å². The van der Waals surface area contributed by atoms with Crippen LogP contribution in [-0.4, -0.2) is 23.9 Å². The molecule has 1 fully saturated rings. The van der Waals surface area contributed by atoms with Gasteiger partial charge in [-0.15, -0.1) is 0 Å². The molecule has 1 aromatic carbocycles. The summed E-state index contributed by atoms with van der Waals surface area (Å²) in [5.74, 6) is 0.0774. The van der Waals surface area contributed by atoms with Crippen LogP contribution in [0.3, 0.4) is 0 Å². The first-order valence-electron chi connectivity index (χ1n) is 5.53. The Morgan fingerprint density at radius 3 is 2.56 bits per heavy atom. The highest BCUT2D eigenvalue weighted by molar-refractivity contribution is 14.1. The molecule has 3 nitrogen and oxygen atoms in total. The maximum atomic E-state index is 12.2. The lowest BCUT2D eigenvalue weighted by atomic mass is 10.1. The number of nitrogens with zero attached hydrogens (tertiary/aromatic N) is 1. The fourth-order valence-corrected chi connectivity index (χ4v) is 2.51. The Labute approximate surface area is 109 Å². The largest absolute Gasteiger partial charge is 0.398 e. The van der Waals surface area contributed by atoms with Crippen LogP contribution in [0.4, 0.5) is 5.69 Å². The van der Waals surface area contributed by atoms with E-state index in [2.05, 4.69) is 22.6 Å². The molecule has 0 bridgehead atoms. The van der Waals surface area contributed by atoms with Crippen molar-refractivity contribution < 1.29 is 4.79 Å². The van der Waals surface area contributed by atoms with Crippen LogP contribution in [0.2, 0.25) is 0 Å². The number of carbonyl (C=O) groups excluding carboxylic acids is 1. The van der Waals surface area contributed by atoms with Gasteiger partial charge in [-0.2, -0.15) is 0 Å². The van der Waals surface area contributed by atoms with Gasteiger partial charge in [-0.25, -0.2) is 0 Å². The molecule has 1 heterocycles. The molecule has 0 radical (unpaired) electrons. The summed E-state index contributed by atoms with van der Waals surface area (Å²) < 4.78 is 1.06. The van der Waals surface area contributed by atoms with Gasteiger partial charge >= 0.3 is 0 Å². The molecule has 0 aromatic heterocycles. The van der Waals surface area contributed by atoms with Gasteiger partial charge in [0, 0.05) is 22.3 Å². The summed E-state index contributed by atoms with van der Waals surface area (Å²) in [7, 11) is 0. The van der Waals surface area contributed by atoms with Gasteiger partial charge in [0.25, 0.3) is 5.91 Å². The highest BCUT2D eigenvalue weighted by Gasteiger charge is 2.19. The number of hydrogen-bond acceptors (Lipinski definition) is 2. The fraction of sp³-hybridized carbons (Fsp3) is 0.417. The summed E-state index contributed by atoms with van der Waals surface area (Å²) in [6.07, 6.45) is 3.44. The number of nitrogens with two attached hydrogens (primary N) is 1. The molecule has 2 rings (SSSR count). The molecule has 1 aromatic rings. The van der Waals surface area contributed by atoms with Crippen molar-refractivity contribution in [2.75, 3.05) is 18.8 Å². The molecule has 4 heteroatoms. The van der Waals surface area contributed by atoms with Gasteiger partial charge in [-0.1, -0.05) is 0 Å². The fourth-order valence-electron chi connectivity index (χ4n) is 2.00. The second-order valence-electron chi connectivity index (χ2n) is 4.08. The standard InChI is InChI=1S/C12H15IN2O/c13-9-4-5-10(11(14)8-9)12(16)15-6-2-1-3-7-15/h4-5,8H,1-3,6-7,14H2. The predicted octanol–water partition coefficient (Wildman–Crippen LogP) is 2.50. The van der Waals surface area contributed by atoms with E-state index in [4.69, 9.17) is 5.73 Å².